The van der Waals surface area contributed by atoms with Crippen LogP contribution >= 0.6 is 27.5 Å². The summed E-state index contributed by atoms with van der Waals surface area (Å²) in [5, 5.41) is 1.83. The molecule has 1 rings (SSSR count). The van der Waals surface area contributed by atoms with Crippen LogP contribution in [0.4, 0.5) is 0 Å². The lowest BCUT2D eigenvalue weighted by atomic mass is 9.98. The standard InChI is InChI=1S/C14H20BrClO/c1-2-7-17-8-6-13(11-15)9-12-4-3-5-14(16)10-12/h3-5,10,13H,2,6-9,11H2,1H3. The third-order valence-electron chi connectivity index (χ3n) is 2.65. The zero-order valence-corrected chi connectivity index (χ0v) is 12.6. The van der Waals surface area contributed by atoms with Crippen LogP contribution in [0.15, 0.2) is 24.3 Å². The number of hydrogen-bond acceptors (Lipinski definition) is 1. The molecule has 1 unspecified atom stereocenters. The predicted molar refractivity (Wildman–Crippen MR) is 78.2 cm³/mol. The molecule has 0 aliphatic rings. The molecular formula is C14H20BrClO. The van der Waals surface area contributed by atoms with Crippen molar-refractivity contribution in [1.29, 1.82) is 0 Å². The average molecular weight is 320 g/mol. The molecule has 0 N–H and O–H groups in total. The van der Waals surface area contributed by atoms with Gasteiger partial charge in [0.1, 0.15) is 0 Å². The summed E-state index contributed by atoms with van der Waals surface area (Å²) in [7, 11) is 0. The first kappa shape index (κ1) is 15.0. The highest BCUT2D eigenvalue weighted by Gasteiger charge is 2.08. The smallest absolute Gasteiger partial charge is 0.0469 e. The number of hydrogen-bond donors (Lipinski definition) is 0. The quantitative estimate of drug-likeness (QED) is 0.498. The van der Waals surface area contributed by atoms with Gasteiger partial charge in [0.25, 0.3) is 0 Å². The van der Waals surface area contributed by atoms with Crippen molar-refractivity contribution in [3.05, 3.63) is 34.9 Å². The Morgan fingerprint density at radius 2 is 2.18 bits per heavy atom. The minimum Gasteiger partial charge on any atom is -0.381 e. The Kier molecular flexibility index (Phi) is 7.91. The van der Waals surface area contributed by atoms with E-state index in [2.05, 4.69) is 28.9 Å². The maximum atomic E-state index is 5.98. The Labute approximate surface area is 118 Å². The molecule has 0 radical (unpaired) electrons. The Hall–Kier alpha value is -0.0500. The molecule has 0 aromatic heterocycles. The number of benzene rings is 1. The zero-order valence-electron chi connectivity index (χ0n) is 10.3. The van der Waals surface area contributed by atoms with E-state index in [-0.39, 0.29) is 0 Å². The topological polar surface area (TPSA) is 9.23 Å². The van der Waals surface area contributed by atoms with E-state index in [1.807, 2.05) is 18.2 Å². The van der Waals surface area contributed by atoms with E-state index in [0.29, 0.717) is 5.92 Å². The summed E-state index contributed by atoms with van der Waals surface area (Å²) in [6.07, 6.45) is 3.24. The van der Waals surface area contributed by atoms with E-state index in [4.69, 9.17) is 16.3 Å². The fraction of sp³-hybridized carbons (Fsp3) is 0.571. The minimum atomic E-state index is 0.616. The van der Waals surface area contributed by atoms with Crippen molar-refractivity contribution in [2.24, 2.45) is 5.92 Å². The lowest BCUT2D eigenvalue weighted by molar-refractivity contribution is 0.123. The summed E-state index contributed by atoms with van der Waals surface area (Å²) in [4.78, 5) is 0. The van der Waals surface area contributed by atoms with Crippen LogP contribution in [0.3, 0.4) is 0 Å². The molecule has 0 heterocycles. The van der Waals surface area contributed by atoms with Crippen LogP contribution in [0, 0.1) is 5.92 Å². The molecule has 0 fully saturated rings. The molecular weight excluding hydrogens is 300 g/mol. The number of halogens is 2. The number of alkyl halides is 1. The van der Waals surface area contributed by atoms with E-state index in [1.165, 1.54) is 5.56 Å². The van der Waals surface area contributed by atoms with Crippen LogP contribution in [0.1, 0.15) is 25.3 Å². The van der Waals surface area contributed by atoms with Gasteiger partial charge in [-0.25, -0.2) is 0 Å². The van der Waals surface area contributed by atoms with Gasteiger partial charge >= 0.3 is 0 Å². The molecule has 0 aliphatic carbocycles. The molecule has 0 aliphatic heterocycles. The fourth-order valence-corrected chi connectivity index (χ4v) is 2.49. The largest absolute Gasteiger partial charge is 0.381 e. The molecule has 0 bridgehead atoms. The van der Waals surface area contributed by atoms with E-state index < -0.39 is 0 Å². The van der Waals surface area contributed by atoms with Crippen molar-refractivity contribution >= 4 is 27.5 Å². The van der Waals surface area contributed by atoms with Gasteiger partial charge in [0.05, 0.1) is 0 Å². The van der Waals surface area contributed by atoms with Gasteiger partial charge < -0.3 is 4.74 Å². The highest BCUT2D eigenvalue weighted by molar-refractivity contribution is 9.09. The second-order valence-electron chi connectivity index (χ2n) is 4.26. The number of rotatable bonds is 8. The summed E-state index contributed by atoms with van der Waals surface area (Å²) in [6.45, 7) is 3.85. The second-order valence-corrected chi connectivity index (χ2v) is 5.34. The Morgan fingerprint density at radius 3 is 2.82 bits per heavy atom. The summed E-state index contributed by atoms with van der Waals surface area (Å²) in [5.41, 5.74) is 1.30. The predicted octanol–water partition coefficient (Wildman–Crippen LogP) is 4.71. The fourth-order valence-electron chi connectivity index (χ4n) is 1.73. The monoisotopic (exact) mass is 318 g/mol. The Morgan fingerprint density at radius 1 is 1.35 bits per heavy atom. The average Bonchev–Trinajstić information content (AvgIpc) is 2.33. The van der Waals surface area contributed by atoms with Gasteiger partial charge in [0, 0.05) is 23.6 Å². The van der Waals surface area contributed by atoms with Crippen LogP contribution in [0.25, 0.3) is 0 Å². The van der Waals surface area contributed by atoms with Crippen molar-refractivity contribution in [2.75, 3.05) is 18.5 Å². The lowest BCUT2D eigenvalue weighted by Crippen LogP contribution is -2.10. The minimum absolute atomic E-state index is 0.616. The molecule has 1 aromatic rings. The summed E-state index contributed by atoms with van der Waals surface area (Å²) in [5.74, 6) is 0.616. The Bertz CT molecular complexity index is 317. The highest BCUT2D eigenvalue weighted by Crippen LogP contribution is 2.18. The summed E-state index contributed by atoms with van der Waals surface area (Å²) in [6, 6.07) is 8.10. The van der Waals surface area contributed by atoms with Crippen LogP contribution in [-0.2, 0) is 11.2 Å². The van der Waals surface area contributed by atoms with E-state index >= 15 is 0 Å². The molecule has 0 amide bonds. The summed E-state index contributed by atoms with van der Waals surface area (Å²) >= 11 is 9.55. The van der Waals surface area contributed by atoms with E-state index in [1.54, 1.807) is 0 Å². The van der Waals surface area contributed by atoms with E-state index in [9.17, 15) is 0 Å². The number of ether oxygens (including phenoxy) is 1. The van der Waals surface area contributed by atoms with E-state index in [0.717, 1.165) is 42.8 Å². The lowest BCUT2D eigenvalue weighted by Gasteiger charge is -2.14. The van der Waals surface area contributed by atoms with Gasteiger partial charge in [-0.15, -0.1) is 0 Å². The first-order valence-corrected chi connectivity index (χ1v) is 7.64. The van der Waals surface area contributed by atoms with Crippen LogP contribution in [0.2, 0.25) is 5.02 Å². The molecule has 0 saturated carbocycles. The zero-order chi connectivity index (χ0) is 12.5. The summed E-state index contributed by atoms with van der Waals surface area (Å²) < 4.78 is 5.53. The molecule has 1 atom stereocenters. The first-order chi connectivity index (χ1) is 8.26. The molecule has 1 nitrogen and oxygen atoms in total. The van der Waals surface area contributed by atoms with Gasteiger partial charge in [0.2, 0.25) is 0 Å². The highest BCUT2D eigenvalue weighted by atomic mass is 79.9. The second kappa shape index (κ2) is 8.96. The first-order valence-electron chi connectivity index (χ1n) is 6.14. The van der Waals surface area contributed by atoms with Crippen LogP contribution in [0.5, 0.6) is 0 Å². The normalized spacial score (nSPS) is 12.6. The van der Waals surface area contributed by atoms with Crippen molar-refractivity contribution in [1.82, 2.24) is 0 Å². The molecule has 3 heteroatoms. The molecule has 0 saturated heterocycles. The Balaban J connectivity index is 2.35. The van der Waals surface area contributed by atoms with Gasteiger partial charge in [-0.05, 0) is 42.9 Å². The van der Waals surface area contributed by atoms with Crippen LogP contribution in [-0.4, -0.2) is 18.5 Å². The van der Waals surface area contributed by atoms with Crippen LogP contribution < -0.4 is 0 Å². The third kappa shape index (κ3) is 6.44. The van der Waals surface area contributed by atoms with Gasteiger partial charge in [0.15, 0.2) is 0 Å². The van der Waals surface area contributed by atoms with Gasteiger partial charge in [-0.2, -0.15) is 0 Å². The van der Waals surface area contributed by atoms with Crippen molar-refractivity contribution in [2.45, 2.75) is 26.2 Å². The third-order valence-corrected chi connectivity index (χ3v) is 3.80. The molecule has 96 valence electrons. The molecule has 1 aromatic carbocycles. The van der Waals surface area contributed by atoms with Crippen molar-refractivity contribution in [3.63, 3.8) is 0 Å². The van der Waals surface area contributed by atoms with Crippen molar-refractivity contribution < 1.29 is 4.74 Å². The molecule has 0 spiro atoms. The maximum absolute atomic E-state index is 5.98. The maximum Gasteiger partial charge on any atom is 0.0469 e. The SMILES string of the molecule is CCCOCCC(CBr)Cc1cccc(Cl)c1. The van der Waals surface area contributed by atoms with Crippen molar-refractivity contribution in [3.8, 4) is 0 Å². The molecule has 17 heavy (non-hydrogen) atoms. The van der Waals surface area contributed by atoms with Gasteiger partial charge in [-0.1, -0.05) is 46.6 Å². The van der Waals surface area contributed by atoms with Gasteiger partial charge in [-0.3, -0.25) is 0 Å².